The highest BCUT2D eigenvalue weighted by Gasteiger charge is 2.05. The Balaban J connectivity index is 1.92. The summed E-state index contributed by atoms with van der Waals surface area (Å²) in [5.41, 5.74) is 7.31. The summed E-state index contributed by atoms with van der Waals surface area (Å²) >= 11 is 6.44. The van der Waals surface area contributed by atoms with Gasteiger partial charge in [0.15, 0.2) is 0 Å². The van der Waals surface area contributed by atoms with Crippen molar-refractivity contribution in [3.63, 3.8) is 0 Å². The summed E-state index contributed by atoms with van der Waals surface area (Å²) < 4.78 is 0. The average Bonchev–Trinajstić information content (AvgIpc) is 2.83. The average molecular weight is 290 g/mol. The van der Waals surface area contributed by atoms with E-state index < -0.39 is 0 Å². The Hall–Kier alpha value is -1.72. The SMILES string of the molecule is NC(=S)Cc1ccc(NC(=O)Cc2cccs2)cc1. The zero-order chi connectivity index (χ0) is 13.7. The minimum Gasteiger partial charge on any atom is -0.393 e. The standard InChI is InChI=1S/C14H14N2OS2/c15-13(18)8-10-3-5-11(6-4-10)16-14(17)9-12-2-1-7-19-12/h1-7H,8-9H2,(H2,15,18)(H,16,17). The number of amides is 1. The van der Waals surface area contributed by atoms with E-state index in [0.29, 0.717) is 17.8 Å². The normalized spacial score (nSPS) is 10.1. The van der Waals surface area contributed by atoms with Crippen molar-refractivity contribution in [2.75, 3.05) is 5.32 Å². The Morgan fingerprint density at radius 2 is 1.95 bits per heavy atom. The maximum atomic E-state index is 11.8. The summed E-state index contributed by atoms with van der Waals surface area (Å²) in [4.78, 5) is 13.3. The molecule has 0 radical (unpaired) electrons. The Morgan fingerprint density at radius 1 is 1.21 bits per heavy atom. The third kappa shape index (κ3) is 4.46. The summed E-state index contributed by atoms with van der Waals surface area (Å²) in [6.45, 7) is 0. The van der Waals surface area contributed by atoms with Crippen molar-refractivity contribution in [2.45, 2.75) is 12.8 Å². The highest BCUT2D eigenvalue weighted by molar-refractivity contribution is 7.80. The van der Waals surface area contributed by atoms with Gasteiger partial charge in [-0.1, -0.05) is 30.4 Å². The van der Waals surface area contributed by atoms with Gasteiger partial charge in [-0.15, -0.1) is 11.3 Å². The van der Waals surface area contributed by atoms with E-state index in [1.807, 2.05) is 41.8 Å². The van der Waals surface area contributed by atoms with Crippen LogP contribution in [-0.4, -0.2) is 10.9 Å². The minimum atomic E-state index is -0.00968. The van der Waals surface area contributed by atoms with Gasteiger partial charge in [-0.25, -0.2) is 0 Å². The molecule has 3 N–H and O–H groups in total. The Bertz CT molecular complexity index is 562. The van der Waals surface area contributed by atoms with E-state index in [4.69, 9.17) is 18.0 Å². The second-order valence-corrected chi connectivity index (χ2v) is 5.70. The number of hydrogen-bond donors (Lipinski definition) is 2. The predicted octanol–water partition coefficient (Wildman–Crippen LogP) is 2.76. The first-order valence-electron chi connectivity index (χ1n) is 5.83. The molecule has 2 rings (SSSR count). The number of benzene rings is 1. The molecule has 1 amide bonds. The van der Waals surface area contributed by atoms with Crippen LogP contribution < -0.4 is 11.1 Å². The lowest BCUT2D eigenvalue weighted by Crippen LogP contribution is -2.14. The quantitative estimate of drug-likeness (QED) is 0.833. The van der Waals surface area contributed by atoms with Crippen molar-refractivity contribution in [1.82, 2.24) is 0 Å². The molecule has 5 heteroatoms. The molecule has 0 spiro atoms. The first kappa shape index (κ1) is 13.7. The number of nitrogens with one attached hydrogen (secondary N) is 1. The Labute approximate surface area is 121 Å². The molecule has 3 nitrogen and oxygen atoms in total. The van der Waals surface area contributed by atoms with Crippen LogP contribution in [0.15, 0.2) is 41.8 Å². The van der Waals surface area contributed by atoms with Crippen molar-refractivity contribution in [3.8, 4) is 0 Å². The van der Waals surface area contributed by atoms with Gasteiger partial charge in [0.25, 0.3) is 0 Å². The van der Waals surface area contributed by atoms with E-state index in [1.165, 1.54) is 0 Å². The van der Waals surface area contributed by atoms with Gasteiger partial charge in [0.2, 0.25) is 5.91 Å². The fourth-order valence-corrected chi connectivity index (χ4v) is 2.55. The number of thiocarbonyl (C=S) groups is 1. The van der Waals surface area contributed by atoms with Crippen molar-refractivity contribution in [2.24, 2.45) is 5.73 Å². The first-order chi connectivity index (χ1) is 9.13. The molecule has 0 unspecified atom stereocenters. The molecule has 0 bridgehead atoms. The van der Waals surface area contributed by atoms with E-state index in [0.717, 1.165) is 16.1 Å². The molecule has 0 aliphatic heterocycles. The number of thiophene rings is 1. The van der Waals surface area contributed by atoms with Crippen molar-refractivity contribution in [3.05, 3.63) is 52.2 Å². The third-order valence-electron chi connectivity index (χ3n) is 2.53. The van der Waals surface area contributed by atoms with Gasteiger partial charge in [0.1, 0.15) is 0 Å². The van der Waals surface area contributed by atoms with Crippen LogP contribution in [0.1, 0.15) is 10.4 Å². The minimum absolute atomic E-state index is 0.00968. The number of anilines is 1. The molecule has 0 saturated heterocycles. The molecule has 19 heavy (non-hydrogen) atoms. The van der Waals surface area contributed by atoms with Crippen LogP contribution >= 0.6 is 23.6 Å². The lowest BCUT2D eigenvalue weighted by atomic mass is 10.1. The number of rotatable bonds is 5. The maximum absolute atomic E-state index is 11.8. The highest BCUT2D eigenvalue weighted by atomic mass is 32.1. The lowest BCUT2D eigenvalue weighted by molar-refractivity contribution is -0.115. The summed E-state index contributed by atoms with van der Waals surface area (Å²) in [7, 11) is 0. The Morgan fingerprint density at radius 3 is 2.53 bits per heavy atom. The van der Waals surface area contributed by atoms with Crippen LogP contribution in [0.5, 0.6) is 0 Å². The van der Waals surface area contributed by atoms with Crippen molar-refractivity contribution < 1.29 is 4.79 Å². The van der Waals surface area contributed by atoms with Gasteiger partial charge in [-0.3, -0.25) is 4.79 Å². The zero-order valence-corrected chi connectivity index (χ0v) is 11.9. The molecule has 98 valence electrons. The summed E-state index contributed by atoms with van der Waals surface area (Å²) in [6, 6.07) is 11.5. The smallest absolute Gasteiger partial charge is 0.229 e. The summed E-state index contributed by atoms with van der Waals surface area (Å²) in [5, 5.41) is 4.83. The molecule has 0 aliphatic carbocycles. The van der Waals surface area contributed by atoms with Crippen LogP contribution in [0.2, 0.25) is 0 Å². The van der Waals surface area contributed by atoms with Crippen LogP contribution in [-0.2, 0) is 17.6 Å². The highest BCUT2D eigenvalue weighted by Crippen LogP contribution is 2.13. The molecule has 0 atom stereocenters. The van der Waals surface area contributed by atoms with Gasteiger partial charge >= 0.3 is 0 Å². The molecular formula is C14H14N2OS2. The summed E-state index contributed by atoms with van der Waals surface area (Å²) in [5.74, 6) is -0.00968. The van der Waals surface area contributed by atoms with Crippen molar-refractivity contribution >= 4 is 40.1 Å². The predicted molar refractivity (Wildman–Crippen MR) is 83.6 cm³/mol. The van der Waals surface area contributed by atoms with Gasteiger partial charge in [-0.2, -0.15) is 0 Å². The van der Waals surface area contributed by atoms with Gasteiger partial charge in [0, 0.05) is 17.0 Å². The second-order valence-electron chi connectivity index (χ2n) is 4.14. The molecule has 0 fully saturated rings. The molecule has 1 aromatic carbocycles. The molecule has 0 saturated carbocycles. The number of carbonyl (C=O) groups excluding carboxylic acids is 1. The van der Waals surface area contributed by atoms with Crippen molar-refractivity contribution in [1.29, 1.82) is 0 Å². The molecule has 1 aromatic heterocycles. The Kier molecular flexibility index (Phi) is 4.65. The number of hydrogen-bond acceptors (Lipinski definition) is 3. The molecular weight excluding hydrogens is 276 g/mol. The molecule has 1 heterocycles. The zero-order valence-electron chi connectivity index (χ0n) is 10.3. The van der Waals surface area contributed by atoms with Gasteiger partial charge < -0.3 is 11.1 Å². The van der Waals surface area contributed by atoms with E-state index >= 15 is 0 Å². The molecule has 0 aliphatic rings. The fraction of sp³-hybridized carbons (Fsp3) is 0.143. The van der Waals surface area contributed by atoms with E-state index in [9.17, 15) is 4.79 Å². The molecule has 2 aromatic rings. The maximum Gasteiger partial charge on any atom is 0.229 e. The topological polar surface area (TPSA) is 55.1 Å². The number of carbonyl (C=O) groups is 1. The number of nitrogens with two attached hydrogens (primary N) is 1. The first-order valence-corrected chi connectivity index (χ1v) is 7.12. The lowest BCUT2D eigenvalue weighted by Gasteiger charge is -2.05. The van der Waals surface area contributed by atoms with Crippen LogP contribution in [0, 0.1) is 0 Å². The monoisotopic (exact) mass is 290 g/mol. The second kappa shape index (κ2) is 6.45. The van der Waals surface area contributed by atoms with Crippen LogP contribution in [0.3, 0.4) is 0 Å². The van der Waals surface area contributed by atoms with E-state index in [2.05, 4.69) is 5.32 Å². The fourth-order valence-electron chi connectivity index (χ4n) is 1.68. The largest absolute Gasteiger partial charge is 0.393 e. The summed E-state index contributed by atoms with van der Waals surface area (Å²) in [6.07, 6.45) is 0.991. The van der Waals surface area contributed by atoms with E-state index in [-0.39, 0.29) is 5.91 Å². The van der Waals surface area contributed by atoms with Gasteiger partial charge in [-0.05, 0) is 29.1 Å². The van der Waals surface area contributed by atoms with Crippen LogP contribution in [0.25, 0.3) is 0 Å². The third-order valence-corrected chi connectivity index (χ3v) is 3.55. The van der Waals surface area contributed by atoms with Gasteiger partial charge in [0.05, 0.1) is 11.4 Å². The van der Waals surface area contributed by atoms with E-state index in [1.54, 1.807) is 11.3 Å². The van der Waals surface area contributed by atoms with Crippen LogP contribution in [0.4, 0.5) is 5.69 Å².